The van der Waals surface area contributed by atoms with Crippen molar-refractivity contribution in [1.82, 2.24) is 9.80 Å². The van der Waals surface area contributed by atoms with Crippen molar-refractivity contribution in [1.29, 1.82) is 0 Å². The van der Waals surface area contributed by atoms with E-state index in [9.17, 15) is 31.1 Å². The van der Waals surface area contributed by atoms with Crippen LogP contribution in [0.2, 0.25) is 0 Å². The zero-order chi connectivity index (χ0) is 27.5. The van der Waals surface area contributed by atoms with Crippen molar-refractivity contribution in [3.63, 3.8) is 0 Å². The third kappa shape index (κ3) is 7.39. The molecule has 2 aliphatic rings. The summed E-state index contributed by atoms with van der Waals surface area (Å²) in [5, 5.41) is 0. The molecule has 1 aliphatic carbocycles. The van der Waals surface area contributed by atoms with Crippen LogP contribution >= 0.6 is 15.9 Å². The van der Waals surface area contributed by atoms with Crippen LogP contribution in [-0.2, 0) is 23.6 Å². The topological polar surface area (TPSA) is 23.6 Å². The van der Waals surface area contributed by atoms with Crippen LogP contribution in [0.1, 0.15) is 66.8 Å². The van der Waals surface area contributed by atoms with Gasteiger partial charge in [0.05, 0.1) is 17.2 Å². The van der Waals surface area contributed by atoms with Crippen LogP contribution < -0.4 is 0 Å². The Labute approximate surface area is 227 Å². The van der Waals surface area contributed by atoms with E-state index in [1.807, 2.05) is 24.3 Å². The molecule has 0 N–H and O–H groups in total. The summed E-state index contributed by atoms with van der Waals surface area (Å²) >= 11 is 3.40. The highest BCUT2D eigenvalue weighted by molar-refractivity contribution is 9.10. The second kappa shape index (κ2) is 12.1. The second-order valence-corrected chi connectivity index (χ2v) is 11.1. The molecule has 0 bridgehead atoms. The largest absolute Gasteiger partial charge is 0.416 e. The highest BCUT2D eigenvalue weighted by atomic mass is 79.9. The van der Waals surface area contributed by atoms with Gasteiger partial charge in [-0.05, 0) is 60.7 Å². The number of benzene rings is 2. The third-order valence-corrected chi connectivity index (χ3v) is 8.13. The highest BCUT2D eigenvalue weighted by Gasteiger charge is 2.37. The third-order valence-electron chi connectivity index (χ3n) is 7.60. The van der Waals surface area contributed by atoms with Crippen LogP contribution in [0.15, 0.2) is 46.9 Å². The van der Waals surface area contributed by atoms with E-state index in [1.165, 1.54) is 32.1 Å². The number of piperazine rings is 1. The van der Waals surface area contributed by atoms with Gasteiger partial charge in [-0.1, -0.05) is 47.3 Å². The number of ketones is 1. The van der Waals surface area contributed by atoms with Crippen molar-refractivity contribution in [3.05, 3.63) is 69.2 Å². The quantitative estimate of drug-likeness (QED) is 0.303. The maximum atomic E-state index is 13.5. The standard InChI is InChI=1S/C28H31BrF6N2O/c29-23-9-7-20(8-10-23)26(37-14-12-36(13-15-37)24-4-2-1-3-5-24)25(38)11-6-19-16-21(27(30,31)32)18-22(17-19)28(33,34)35/h7-10,16-18,24,26H,1-6,11-15H2. The summed E-state index contributed by atoms with van der Waals surface area (Å²) in [4.78, 5) is 18.1. The first-order valence-electron chi connectivity index (χ1n) is 13.0. The molecule has 2 fully saturated rings. The van der Waals surface area contributed by atoms with Crippen LogP contribution in [0, 0.1) is 0 Å². The van der Waals surface area contributed by atoms with E-state index in [2.05, 4.69) is 25.7 Å². The predicted molar refractivity (Wildman–Crippen MR) is 137 cm³/mol. The van der Waals surface area contributed by atoms with Gasteiger partial charge in [-0.15, -0.1) is 0 Å². The van der Waals surface area contributed by atoms with E-state index in [-0.39, 0.29) is 30.3 Å². The summed E-state index contributed by atoms with van der Waals surface area (Å²) in [7, 11) is 0. The van der Waals surface area contributed by atoms with Crippen LogP contribution in [0.5, 0.6) is 0 Å². The van der Waals surface area contributed by atoms with Crippen LogP contribution in [0.3, 0.4) is 0 Å². The minimum Gasteiger partial charge on any atom is -0.298 e. The number of alkyl halides is 6. The fourth-order valence-corrected chi connectivity index (χ4v) is 5.88. The Morgan fingerprint density at radius 2 is 1.39 bits per heavy atom. The molecule has 1 unspecified atom stereocenters. The first-order valence-corrected chi connectivity index (χ1v) is 13.8. The van der Waals surface area contributed by atoms with Gasteiger partial charge in [-0.25, -0.2) is 0 Å². The van der Waals surface area contributed by atoms with E-state index >= 15 is 0 Å². The van der Waals surface area contributed by atoms with E-state index < -0.39 is 29.5 Å². The highest BCUT2D eigenvalue weighted by Crippen LogP contribution is 2.37. The van der Waals surface area contributed by atoms with Crippen LogP contribution in [0.25, 0.3) is 0 Å². The van der Waals surface area contributed by atoms with Gasteiger partial charge in [0, 0.05) is 43.1 Å². The van der Waals surface area contributed by atoms with Crippen molar-refractivity contribution in [2.24, 2.45) is 0 Å². The molecular formula is C28H31BrF6N2O. The number of nitrogens with zero attached hydrogens (tertiary/aromatic N) is 2. The molecule has 38 heavy (non-hydrogen) atoms. The fourth-order valence-electron chi connectivity index (χ4n) is 5.62. The lowest BCUT2D eigenvalue weighted by molar-refractivity contribution is -0.143. The molecule has 0 spiro atoms. The minimum atomic E-state index is -4.92. The molecule has 1 saturated carbocycles. The Kier molecular flexibility index (Phi) is 9.25. The average molecular weight is 605 g/mol. The number of carbonyl (C=O) groups excluding carboxylic acids is 1. The fraction of sp³-hybridized carbons (Fsp3) is 0.536. The molecule has 0 aromatic heterocycles. The summed E-state index contributed by atoms with van der Waals surface area (Å²) in [6.07, 6.45) is -4.10. The molecule has 2 aromatic rings. The number of Topliss-reactive ketones (excluding diaryl/α,β-unsaturated/α-hetero) is 1. The molecule has 0 amide bonds. The molecule has 1 aliphatic heterocycles. The Morgan fingerprint density at radius 3 is 1.92 bits per heavy atom. The van der Waals surface area contributed by atoms with Gasteiger partial charge in [0.25, 0.3) is 0 Å². The monoisotopic (exact) mass is 604 g/mol. The maximum absolute atomic E-state index is 13.5. The Balaban J connectivity index is 1.51. The lowest BCUT2D eigenvalue weighted by Crippen LogP contribution is -2.52. The van der Waals surface area contributed by atoms with Gasteiger partial charge in [0.1, 0.15) is 0 Å². The summed E-state index contributed by atoms with van der Waals surface area (Å²) in [5.41, 5.74) is -2.11. The Hall–Kier alpha value is -1.91. The zero-order valence-corrected chi connectivity index (χ0v) is 22.5. The summed E-state index contributed by atoms with van der Waals surface area (Å²) < 4.78 is 80.5. The number of hydrogen-bond acceptors (Lipinski definition) is 3. The first-order chi connectivity index (χ1) is 17.9. The van der Waals surface area contributed by atoms with Crippen LogP contribution in [0.4, 0.5) is 26.3 Å². The second-order valence-electron chi connectivity index (χ2n) is 10.2. The molecule has 1 atom stereocenters. The van der Waals surface area contributed by atoms with Gasteiger partial charge in [-0.3, -0.25) is 14.6 Å². The Bertz CT molecular complexity index is 1060. The average Bonchev–Trinajstić information content (AvgIpc) is 2.88. The molecule has 0 radical (unpaired) electrons. The normalized spacial score (nSPS) is 19.4. The number of carbonyl (C=O) groups is 1. The molecule has 1 saturated heterocycles. The molecule has 3 nitrogen and oxygen atoms in total. The summed E-state index contributed by atoms with van der Waals surface area (Å²) in [6, 6.07) is 8.83. The van der Waals surface area contributed by atoms with E-state index in [0.29, 0.717) is 31.3 Å². The van der Waals surface area contributed by atoms with Gasteiger partial charge in [-0.2, -0.15) is 26.3 Å². The molecular weight excluding hydrogens is 574 g/mol. The van der Waals surface area contributed by atoms with E-state index in [4.69, 9.17) is 0 Å². The Morgan fingerprint density at radius 1 is 0.842 bits per heavy atom. The van der Waals surface area contributed by atoms with E-state index in [1.54, 1.807) is 0 Å². The minimum absolute atomic E-state index is 0.113. The van der Waals surface area contributed by atoms with Gasteiger partial charge in [0.15, 0.2) is 5.78 Å². The number of rotatable bonds is 7. The number of halogens is 7. The lowest BCUT2D eigenvalue weighted by Gasteiger charge is -2.43. The van der Waals surface area contributed by atoms with Gasteiger partial charge < -0.3 is 0 Å². The maximum Gasteiger partial charge on any atom is 0.416 e. The van der Waals surface area contributed by atoms with Gasteiger partial charge in [0.2, 0.25) is 0 Å². The van der Waals surface area contributed by atoms with Crippen molar-refractivity contribution in [2.45, 2.75) is 69.4 Å². The van der Waals surface area contributed by atoms with E-state index in [0.717, 1.165) is 23.1 Å². The lowest BCUT2D eigenvalue weighted by atomic mass is 9.92. The van der Waals surface area contributed by atoms with Crippen molar-refractivity contribution in [2.75, 3.05) is 26.2 Å². The summed E-state index contributed by atoms with van der Waals surface area (Å²) in [6.45, 7) is 3.00. The SMILES string of the molecule is O=C(CCc1cc(C(F)(F)F)cc(C(F)(F)F)c1)C(c1ccc(Br)cc1)N1CCN(C2CCCCC2)CC1. The smallest absolute Gasteiger partial charge is 0.298 e. The summed E-state index contributed by atoms with van der Waals surface area (Å²) in [5.74, 6) is -0.218. The molecule has 1 heterocycles. The van der Waals surface area contributed by atoms with Crippen molar-refractivity contribution < 1.29 is 31.1 Å². The molecule has 2 aromatic carbocycles. The number of aryl methyl sites for hydroxylation is 1. The predicted octanol–water partition coefficient (Wildman–Crippen LogP) is 7.68. The van der Waals surface area contributed by atoms with Crippen molar-refractivity contribution in [3.8, 4) is 0 Å². The molecule has 208 valence electrons. The van der Waals surface area contributed by atoms with Gasteiger partial charge >= 0.3 is 12.4 Å². The number of hydrogen-bond donors (Lipinski definition) is 0. The molecule has 4 rings (SSSR count). The van der Waals surface area contributed by atoms with Crippen molar-refractivity contribution >= 4 is 21.7 Å². The van der Waals surface area contributed by atoms with Crippen LogP contribution in [-0.4, -0.2) is 47.8 Å². The zero-order valence-electron chi connectivity index (χ0n) is 20.9. The molecule has 10 heteroatoms. The first kappa shape index (κ1) is 29.1.